The normalized spacial score (nSPS) is 12.2. The Morgan fingerprint density at radius 1 is 1.50 bits per heavy atom. The van der Waals surface area contributed by atoms with E-state index in [1.54, 1.807) is 0 Å². The van der Waals surface area contributed by atoms with Gasteiger partial charge in [0.15, 0.2) is 0 Å². The predicted octanol–water partition coefficient (Wildman–Crippen LogP) is 2.35. The Hall–Kier alpha value is -1.73. The van der Waals surface area contributed by atoms with Gasteiger partial charge in [-0.05, 0) is 19.9 Å². The Bertz CT molecular complexity index is 522. The molecule has 0 unspecified atom stereocenters. The first-order valence-electron chi connectivity index (χ1n) is 5.49. The highest BCUT2D eigenvalue weighted by atomic mass is 35.5. The van der Waals surface area contributed by atoms with Crippen molar-refractivity contribution >= 4 is 24.1 Å². The number of non-ortho nitro benzene ring substituents is 1. The number of nitro benzene ring substituents is 1. The van der Waals surface area contributed by atoms with E-state index in [4.69, 9.17) is 5.73 Å². The number of rotatable bonds is 4. The number of methoxy groups -OCH3 is 1. The lowest BCUT2D eigenvalue weighted by molar-refractivity contribution is -0.385. The number of nitro groups is 1. The molecule has 0 bridgehead atoms. The van der Waals surface area contributed by atoms with Crippen molar-refractivity contribution in [2.75, 3.05) is 7.11 Å². The number of ether oxygens (including phenoxy) is 1. The zero-order valence-corrected chi connectivity index (χ0v) is 12.1. The zero-order valence-electron chi connectivity index (χ0n) is 11.3. The largest absolute Gasteiger partial charge is 0.469 e. The molecule has 0 aliphatic heterocycles. The zero-order chi connectivity index (χ0) is 14.8. The van der Waals surface area contributed by atoms with Gasteiger partial charge in [0, 0.05) is 23.7 Å². The van der Waals surface area contributed by atoms with Gasteiger partial charge in [0.1, 0.15) is 5.82 Å². The molecule has 1 rings (SSSR count). The van der Waals surface area contributed by atoms with Crippen LogP contribution >= 0.6 is 12.4 Å². The Labute approximate surface area is 121 Å². The molecule has 2 N–H and O–H groups in total. The minimum absolute atomic E-state index is 0. The molecule has 0 aromatic heterocycles. The fraction of sp³-hybridized carbons (Fsp3) is 0.417. The predicted molar refractivity (Wildman–Crippen MR) is 73.0 cm³/mol. The van der Waals surface area contributed by atoms with E-state index in [2.05, 4.69) is 4.74 Å². The number of esters is 1. The van der Waals surface area contributed by atoms with Crippen LogP contribution < -0.4 is 5.73 Å². The molecule has 20 heavy (non-hydrogen) atoms. The van der Waals surface area contributed by atoms with Gasteiger partial charge in [-0.15, -0.1) is 12.4 Å². The van der Waals surface area contributed by atoms with Crippen molar-refractivity contribution in [3.8, 4) is 0 Å². The maximum absolute atomic E-state index is 13.7. The summed E-state index contributed by atoms with van der Waals surface area (Å²) in [6, 6.07) is 1.97. The molecule has 0 amide bonds. The van der Waals surface area contributed by atoms with Crippen LogP contribution in [0.5, 0.6) is 0 Å². The smallest absolute Gasteiger partial charge is 0.313 e. The van der Waals surface area contributed by atoms with Crippen LogP contribution in [-0.2, 0) is 9.53 Å². The van der Waals surface area contributed by atoms with E-state index in [-0.39, 0.29) is 23.7 Å². The first-order chi connectivity index (χ1) is 8.71. The fourth-order valence-electron chi connectivity index (χ4n) is 1.66. The molecule has 0 heterocycles. The third kappa shape index (κ3) is 3.43. The van der Waals surface area contributed by atoms with E-state index in [9.17, 15) is 19.3 Å². The lowest BCUT2D eigenvalue weighted by Crippen LogP contribution is -2.37. The molecule has 8 heteroatoms. The van der Waals surface area contributed by atoms with Crippen LogP contribution in [0.4, 0.5) is 10.1 Å². The summed E-state index contributed by atoms with van der Waals surface area (Å²) in [6.45, 7) is 2.98. The summed E-state index contributed by atoms with van der Waals surface area (Å²) >= 11 is 0. The van der Waals surface area contributed by atoms with E-state index in [1.807, 2.05) is 0 Å². The maximum atomic E-state index is 13.7. The van der Waals surface area contributed by atoms with Gasteiger partial charge in [0.25, 0.3) is 5.69 Å². The SMILES string of the molecule is COC(=O)C(C)(C)[C@H](N)c1cc([N+](=O)[O-])ccc1F.Cl. The molecule has 0 radical (unpaired) electrons. The van der Waals surface area contributed by atoms with Gasteiger partial charge in [-0.2, -0.15) is 0 Å². The fourth-order valence-corrected chi connectivity index (χ4v) is 1.66. The molecule has 1 aromatic rings. The van der Waals surface area contributed by atoms with Crippen LogP contribution in [-0.4, -0.2) is 18.0 Å². The number of carbonyl (C=O) groups excluding carboxylic acids is 1. The standard InChI is InChI=1S/C12H15FN2O4.ClH/c1-12(2,11(16)19-3)10(14)8-6-7(15(17)18)4-5-9(8)13;/h4-6,10H,14H2,1-3H3;1H/t10-;/m1./s1. The highest BCUT2D eigenvalue weighted by Gasteiger charge is 2.38. The molecule has 0 fully saturated rings. The summed E-state index contributed by atoms with van der Waals surface area (Å²) in [4.78, 5) is 21.6. The lowest BCUT2D eigenvalue weighted by Gasteiger charge is -2.28. The minimum atomic E-state index is -1.20. The Morgan fingerprint density at radius 2 is 2.05 bits per heavy atom. The second-order valence-corrected chi connectivity index (χ2v) is 4.65. The Morgan fingerprint density at radius 3 is 2.50 bits per heavy atom. The second kappa shape index (κ2) is 6.62. The van der Waals surface area contributed by atoms with Crippen molar-refractivity contribution < 1.29 is 18.8 Å². The van der Waals surface area contributed by atoms with Crippen LogP contribution in [0.2, 0.25) is 0 Å². The molecule has 0 aliphatic carbocycles. The van der Waals surface area contributed by atoms with Crippen molar-refractivity contribution in [3.05, 3.63) is 39.7 Å². The number of carbonyl (C=O) groups is 1. The summed E-state index contributed by atoms with van der Waals surface area (Å²) in [5, 5.41) is 10.7. The van der Waals surface area contributed by atoms with Crippen molar-refractivity contribution in [1.82, 2.24) is 0 Å². The van der Waals surface area contributed by atoms with E-state index < -0.39 is 28.2 Å². The third-order valence-electron chi connectivity index (χ3n) is 3.01. The van der Waals surface area contributed by atoms with Crippen LogP contribution in [0, 0.1) is 21.3 Å². The van der Waals surface area contributed by atoms with Gasteiger partial charge in [0.2, 0.25) is 0 Å². The molecular weight excluding hydrogens is 291 g/mol. The number of hydrogen-bond donors (Lipinski definition) is 1. The molecule has 0 saturated carbocycles. The van der Waals surface area contributed by atoms with E-state index in [0.29, 0.717) is 0 Å². The average Bonchev–Trinajstić information content (AvgIpc) is 2.36. The summed E-state index contributed by atoms with van der Waals surface area (Å²) in [7, 11) is 1.20. The summed E-state index contributed by atoms with van der Waals surface area (Å²) in [5.74, 6) is -1.32. The van der Waals surface area contributed by atoms with Gasteiger partial charge in [0.05, 0.1) is 17.4 Å². The van der Waals surface area contributed by atoms with Crippen molar-refractivity contribution in [2.45, 2.75) is 19.9 Å². The Balaban J connectivity index is 0.00000361. The molecule has 6 nitrogen and oxygen atoms in total. The van der Waals surface area contributed by atoms with Crippen molar-refractivity contribution in [3.63, 3.8) is 0 Å². The van der Waals surface area contributed by atoms with E-state index in [0.717, 1.165) is 18.2 Å². The van der Waals surface area contributed by atoms with Crippen LogP contribution in [0.1, 0.15) is 25.5 Å². The number of halogens is 2. The molecular formula is C12H16ClFN2O4. The van der Waals surface area contributed by atoms with Crippen LogP contribution in [0.25, 0.3) is 0 Å². The van der Waals surface area contributed by atoms with Gasteiger partial charge >= 0.3 is 5.97 Å². The summed E-state index contributed by atoms with van der Waals surface area (Å²) in [6.07, 6.45) is 0. The average molecular weight is 307 g/mol. The molecule has 0 aliphatic rings. The number of nitrogens with zero attached hydrogens (tertiary/aromatic N) is 1. The molecule has 1 atom stereocenters. The second-order valence-electron chi connectivity index (χ2n) is 4.65. The maximum Gasteiger partial charge on any atom is 0.313 e. The quantitative estimate of drug-likeness (QED) is 0.523. The van der Waals surface area contributed by atoms with Crippen LogP contribution in [0.3, 0.4) is 0 Å². The number of nitrogens with two attached hydrogens (primary N) is 1. The van der Waals surface area contributed by atoms with Gasteiger partial charge in [-0.3, -0.25) is 14.9 Å². The van der Waals surface area contributed by atoms with Crippen LogP contribution in [0.15, 0.2) is 18.2 Å². The van der Waals surface area contributed by atoms with Crippen molar-refractivity contribution in [1.29, 1.82) is 0 Å². The minimum Gasteiger partial charge on any atom is -0.469 e. The summed E-state index contributed by atoms with van der Waals surface area (Å²) in [5.41, 5.74) is 4.27. The van der Waals surface area contributed by atoms with E-state index >= 15 is 0 Å². The number of benzene rings is 1. The highest BCUT2D eigenvalue weighted by molar-refractivity contribution is 5.85. The monoisotopic (exact) mass is 306 g/mol. The third-order valence-corrected chi connectivity index (χ3v) is 3.01. The number of hydrogen-bond acceptors (Lipinski definition) is 5. The molecule has 0 spiro atoms. The lowest BCUT2D eigenvalue weighted by atomic mass is 9.80. The van der Waals surface area contributed by atoms with Gasteiger partial charge < -0.3 is 10.5 Å². The topological polar surface area (TPSA) is 95.5 Å². The molecule has 112 valence electrons. The Kier molecular flexibility index (Phi) is 6.05. The highest BCUT2D eigenvalue weighted by Crippen LogP contribution is 2.35. The first kappa shape index (κ1) is 18.3. The molecule has 1 aromatic carbocycles. The van der Waals surface area contributed by atoms with Gasteiger partial charge in [-0.25, -0.2) is 4.39 Å². The molecule has 0 saturated heterocycles. The van der Waals surface area contributed by atoms with Gasteiger partial charge in [-0.1, -0.05) is 0 Å². The first-order valence-corrected chi connectivity index (χ1v) is 5.49. The van der Waals surface area contributed by atoms with Crippen molar-refractivity contribution in [2.24, 2.45) is 11.1 Å². The van der Waals surface area contributed by atoms with E-state index in [1.165, 1.54) is 21.0 Å². The summed E-state index contributed by atoms with van der Waals surface area (Å²) < 4.78 is 18.3.